The highest BCUT2D eigenvalue weighted by atomic mass is 35.5. The van der Waals surface area contributed by atoms with Crippen LogP contribution in [0.2, 0.25) is 10.0 Å². The first-order valence-electron chi connectivity index (χ1n) is 6.61. The number of benzene rings is 2. The molecule has 24 heavy (non-hydrogen) atoms. The van der Waals surface area contributed by atoms with Crippen molar-refractivity contribution < 1.29 is 16.8 Å². The van der Waals surface area contributed by atoms with Crippen LogP contribution in [0, 0.1) is 0 Å². The van der Waals surface area contributed by atoms with E-state index in [2.05, 4.69) is 4.72 Å². The molecule has 0 aliphatic carbocycles. The van der Waals surface area contributed by atoms with Crippen LogP contribution in [-0.4, -0.2) is 16.8 Å². The number of hydrogen-bond donors (Lipinski definition) is 2. The Balaban J connectivity index is 2.27. The van der Waals surface area contributed by atoms with E-state index in [-0.39, 0.29) is 9.79 Å². The number of nitrogens with two attached hydrogens (primary N) is 1. The van der Waals surface area contributed by atoms with Crippen LogP contribution in [0.4, 0.5) is 0 Å². The van der Waals surface area contributed by atoms with Gasteiger partial charge in [-0.05, 0) is 48.9 Å². The van der Waals surface area contributed by atoms with Gasteiger partial charge in [-0.3, -0.25) is 0 Å². The summed E-state index contributed by atoms with van der Waals surface area (Å²) in [6.07, 6.45) is 0. The van der Waals surface area contributed by atoms with Crippen molar-refractivity contribution in [3.8, 4) is 0 Å². The number of rotatable bonds is 5. The summed E-state index contributed by atoms with van der Waals surface area (Å²) >= 11 is 11.9. The van der Waals surface area contributed by atoms with Crippen molar-refractivity contribution in [2.75, 3.05) is 0 Å². The molecule has 0 fully saturated rings. The fourth-order valence-corrected chi connectivity index (χ4v) is 4.34. The van der Waals surface area contributed by atoms with Gasteiger partial charge in [0, 0.05) is 16.1 Å². The highest BCUT2D eigenvalue weighted by Crippen LogP contribution is 2.27. The van der Waals surface area contributed by atoms with Crippen LogP contribution in [0.1, 0.15) is 18.5 Å². The summed E-state index contributed by atoms with van der Waals surface area (Å²) < 4.78 is 49.7. The fraction of sp³-hybridized carbons (Fsp3) is 0.143. The average Bonchev–Trinajstić information content (AvgIpc) is 2.45. The average molecular weight is 409 g/mol. The quantitative estimate of drug-likeness (QED) is 0.792. The van der Waals surface area contributed by atoms with Gasteiger partial charge in [-0.1, -0.05) is 29.3 Å². The Morgan fingerprint density at radius 1 is 0.958 bits per heavy atom. The summed E-state index contributed by atoms with van der Waals surface area (Å²) in [5, 5.41) is 5.76. The summed E-state index contributed by atoms with van der Waals surface area (Å²) in [5.74, 6) is 0. The number of nitrogens with one attached hydrogen (secondary N) is 1. The van der Waals surface area contributed by atoms with E-state index in [1.165, 1.54) is 6.07 Å². The van der Waals surface area contributed by atoms with Crippen molar-refractivity contribution in [1.29, 1.82) is 0 Å². The van der Waals surface area contributed by atoms with Crippen LogP contribution in [0.15, 0.2) is 52.3 Å². The van der Waals surface area contributed by atoms with Gasteiger partial charge >= 0.3 is 0 Å². The predicted molar refractivity (Wildman–Crippen MR) is 93.0 cm³/mol. The smallest absolute Gasteiger partial charge is 0.225 e. The summed E-state index contributed by atoms with van der Waals surface area (Å²) in [6.45, 7) is 1.63. The van der Waals surface area contributed by atoms with Gasteiger partial charge in [0.2, 0.25) is 20.0 Å². The number of halogens is 2. The lowest BCUT2D eigenvalue weighted by atomic mass is 10.1. The molecule has 2 aromatic carbocycles. The Bertz CT molecular complexity index is 959. The topological polar surface area (TPSA) is 106 Å². The number of hydrogen-bond acceptors (Lipinski definition) is 4. The van der Waals surface area contributed by atoms with Crippen molar-refractivity contribution in [2.45, 2.75) is 22.8 Å². The predicted octanol–water partition coefficient (Wildman–Crippen LogP) is 2.68. The third kappa shape index (κ3) is 4.47. The molecule has 2 rings (SSSR count). The van der Waals surface area contributed by atoms with Crippen LogP contribution in [0.3, 0.4) is 0 Å². The normalized spacial score (nSPS) is 13.7. The molecule has 0 radical (unpaired) electrons. The van der Waals surface area contributed by atoms with Gasteiger partial charge in [-0.2, -0.15) is 0 Å². The fourth-order valence-electron chi connectivity index (χ4n) is 2.03. The Kier molecular flexibility index (Phi) is 5.58. The molecule has 0 aliphatic heterocycles. The lowest BCUT2D eigenvalue weighted by Gasteiger charge is -2.16. The molecule has 0 saturated carbocycles. The molecule has 0 aromatic heterocycles. The van der Waals surface area contributed by atoms with Gasteiger partial charge in [-0.25, -0.2) is 26.7 Å². The van der Waals surface area contributed by atoms with Crippen LogP contribution >= 0.6 is 23.2 Å². The van der Waals surface area contributed by atoms with Crippen LogP contribution in [0.25, 0.3) is 0 Å². The van der Waals surface area contributed by atoms with E-state index in [0.717, 1.165) is 24.3 Å². The zero-order chi connectivity index (χ0) is 18.1. The maximum atomic E-state index is 12.4. The molecule has 0 amide bonds. The van der Waals surface area contributed by atoms with E-state index in [4.69, 9.17) is 28.3 Å². The zero-order valence-corrected chi connectivity index (χ0v) is 15.5. The number of primary sulfonamides is 1. The second kappa shape index (κ2) is 6.99. The molecule has 1 atom stereocenters. The maximum absolute atomic E-state index is 12.4. The van der Waals surface area contributed by atoms with E-state index in [1.807, 2.05) is 0 Å². The lowest BCUT2D eigenvalue weighted by molar-refractivity contribution is 0.566. The van der Waals surface area contributed by atoms with Crippen molar-refractivity contribution in [1.82, 2.24) is 4.72 Å². The monoisotopic (exact) mass is 408 g/mol. The van der Waals surface area contributed by atoms with Crippen LogP contribution in [0.5, 0.6) is 0 Å². The van der Waals surface area contributed by atoms with Crippen molar-refractivity contribution in [3.63, 3.8) is 0 Å². The molecule has 0 heterocycles. The minimum absolute atomic E-state index is 0.0909. The zero-order valence-electron chi connectivity index (χ0n) is 12.4. The van der Waals surface area contributed by atoms with Crippen molar-refractivity contribution >= 4 is 43.2 Å². The Morgan fingerprint density at radius 2 is 1.50 bits per heavy atom. The molecule has 0 spiro atoms. The largest absolute Gasteiger partial charge is 0.241 e. The summed E-state index contributed by atoms with van der Waals surface area (Å²) in [4.78, 5) is -0.262. The Hall–Kier alpha value is -1.16. The molecule has 1 unspecified atom stereocenters. The molecule has 3 N–H and O–H groups in total. The van der Waals surface area contributed by atoms with Crippen molar-refractivity contribution in [2.24, 2.45) is 5.14 Å². The first-order valence-corrected chi connectivity index (χ1v) is 10.4. The Morgan fingerprint density at radius 3 is 2.00 bits per heavy atom. The first-order chi connectivity index (χ1) is 11.0. The van der Waals surface area contributed by atoms with E-state index >= 15 is 0 Å². The maximum Gasteiger partial charge on any atom is 0.241 e. The molecule has 10 heteroatoms. The Labute approximate surface area is 150 Å². The molecule has 6 nitrogen and oxygen atoms in total. The second-order valence-electron chi connectivity index (χ2n) is 5.03. The van der Waals surface area contributed by atoms with Gasteiger partial charge in [-0.15, -0.1) is 0 Å². The minimum Gasteiger partial charge on any atom is -0.225 e. The van der Waals surface area contributed by atoms with Crippen LogP contribution in [-0.2, 0) is 20.0 Å². The van der Waals surface area contributed by atoms with Crippen LogP contribution < -0.4 is 9.86 Å². The number of sulfonamides is 2. The van der Waals surface area contributed by atoms with Gasteiger partial charge in [0.15, 0.2) is 0 Å². The van der Waals surface area contributed by atoms with Gasteiger partial charge in [0.05, 0.1) is 9.79 Å². The third-order valence-corrected chi connectivity index (χ3v) is 6.27. The summed E-state index contributed by atoms with van der Waals surface area (Å²) in [5.41, 5.74) is 0.561. The summed E-state index contributed by atoms with van der Waals surface area (Å²) in [7, 11) is -7.76. The van der Waals surface area contributed by atoms with Gasteiger partial charge < -0.3 is 0 Å². The van der Waals surface area contributed by atoms with Gasteiger partial charge in [0.25, 0.3) is 0 Å². The molecule has 0 aliphatic rings. The second-order valence-corrected chi connectivity index (χ2v) is 9.14. The molecule has 0 saturated heterocycles. The standard InChI is InChI=1S/C14H14Cl2N2O4S2/c1-9(13-7-2-10(15)8-14(13)16)18-24(21,22)12-5-3-11(4-6-12)23(17,19)20/h2-9,18H,1H3,(H2,17,19,20). The van der Waals surface area contributed by atoms with Crippen molar-refractivity contribution in [3.05, 3.63) is 58.1 Å². The molecule has 2 aromatic rings. The van der Waals surface area contributed by atoms with E-state index in [0.29, 0.717) is 15.6 Å². The summed E-state index contributed by atoms with van der Waals surface area (Å²) in [6, 6.07) is 8.72. The van der Waals surface area contributed by atoms with E-state index in [1.54, 1.807) is 19.1 Å². The minimum atomic E-state index is -3.89. The molecular weight excluding hydrogens is 395 g/mol. The van der Waals surface area contributed by atoms with E-state index < -0.39 is 26.1 Å². The SMILES string of the molecule is CC(NS(=O)(=O)c1ccc(S(N)(=O)=O)cc1)c1ccc(Cl)cc1Cl. The highest BCUT2D eigenvalue weighted by molar-refractivity contribution is 7.89. The molecule has 0 bridgehead atoms. The lowest BCUT2D eigenvalue weighted by Crippen LogP contribution is -2.27. The van der Waals surface area contributed by atoms with Gasteiger partial charge in [0.1, 0.15) is 0 Å². The van der Waals surface area contributed by atoms with E-state index in [9.17, 15) is 16.8 Å². The first kappa shape index (κ1) is 19.2. The third-order valence-electron chi connectivity index (χ3n) is 3.22. The molecular formula is C14H14Cl2N2O4S2. The molecule has 130 valence electrons. The highest BCUT2D eigenvalue weighted by Gasteiger charge is 2.20.